The summed E-state index contributed by atoms with van der Waals surface area (Å²) in [5, 5.41) is 0.0699. The maximum Gasteiger partial charge on any atom is 0.190 e. The van der Waals surface area contributed by atoms with Crippen LogP contribution in [0, 0.1) is 23.7 Å². The second kappa shape index (κ2) is 19.5. The van der Waals surface area contributed by atoms with Crippen LogP contribution >= 0.6 is 23.5 Å². The number of thioether (sulfide) groups is 2. The molecule has 0 bridgehead atoms. The van der Waals surface area contributed by atoms with E-state index in [1.807, 2.05) is 60.7 Å². The molecule has 4 nitrogen and oxygen atoms in total. The molecule has 0 aliphatic carbocycles. The van der Waals surface area contributed by atoms with Gasteiger partial charge in [-0.05, 0) is 104 Å². The quantitative estimate of drug-likeness (QED) is 0.114. The van der Waals surface area contributed by atoms with Gasteiger partial charge in [0.05, 0.1) is 11.1 Å². The van der Waals surface area contributed by atoms with Crippen LogP contribution in [0.5, 0.6) is 11.5 Å². The minimum Gasteiger partial charge on any atom is -0.488 e. The molecule has 0 N–H and O–H groups in total. The maximum absolute atomic E-state index is 11.7. The van der Waals surface area contributed by atoms with Crippen LogP contribution in [0.2, 0.25) is 0 Å². The lowest BCUT2D eigenvalue weighted by Crippen LogP contribution is -2.17. The monoisotopic (exact) mass is 862 g/mol. The topological polar surface area (TPSA) is 52.6 Å². The number of ether oxygens (including phenoxy) is 2. The van der Waals surface area contributed by atoms with Crippen LogP contribution in [0.3, 0.4) is 0 Å². The summed E-state index contributed by atoms with van der Waals surface area (Å²) in [6.07, 6.45) is 0. The van der Waals surface area contributed by atoms with E-state index >= 15 is 0 Å². The van der Waals surface area contributed by atoms with Crippen molar-refractivity contribution in [1.82, 2.24) is 0 Å². The highest BCUT2D eigenvalue weighted by molar-refractivity contribution is 8.13. The van der Waals surface area contributed by atoms with E-state index in [1.54, 1.807) is 13.8 Å². The van der Waals surface area contributed by atoms with Crippen LogP contribution in [-0.4, -0.2) is 10.2 Å². The fourth-order valence-electron chi connectivity index (χ4n) is 6.42. The molecule has 0 aliphatic rings. The van der Waals surface area contributed by atoms with E-state index in [0.29, 0.717) is 35.8 Å². The van der Waals surface area contributed by atoms with Gasteiger partial charge >= 0.3 is 0 Å². The van der Waals surface area contributed by atoms with E-state index in [0.717, 1.165) is 32.0 Å². The molecule has 0 aliphatic heterocycles. The molecule has 0 atom stereocenters. The van der Waals surface area contributed by atoms with Crippen LogP contribution < -0.4 is 9.47 Å². The van der Waals surface area contributed by atoms with Crippen molar-refractivity contribution in [3.8, 4) is 35.2 Å². The molecular formula is C56H62O4S2. The zero-order chi connectivity index (χ0) is 45.6. The average Bonchev–Trinajstić information content (AvgIpc) is 3.17. The summed E-state index contributed by atoms with van der Waals surface area (Å²) >= 11 is 2.40. The van der Waals surface area contributed by atoms with Gasteiger partial charge in [-0.15, -0.1) is 0 Å². The van der Waals surface area contributed by atoms with Crippen molar-refractivity contribution in [3.05, 3.63) is 153 Å². The maximum atomic E-state index is 11.7. The summed E-state index contributed by atoms with van der Waals surface area (Å²) in [7, 11) is 0. The number of hydrogen-bond donors (Lipinski definition) is 0. The number of benzene rings is 5. The average molecular weight is 863 g/mol. The first-order valence-corrected chi connectivity index (χ1v) is 22.8. The molecule has 0 spiro atoms. The Morgan fingerprint density at radius 1 is 0.435 bits per heavy atom. The van der Waals surface area contributed by atoms with Gasteiger partial charge in [-0.2, -0.15) is 0 Å². The van der Waals surface area contributed by atoms with Crippen LogP contribution in [0.15, 0.2) is 107 Å². The number of hydrogen-bond acceptors (Lipinski definition) is 6. The van der Waals surface area contributed by atoms with Gasteiger partial charge in [-0.25, -0.2) is 0 Å². The van der Waals surface area contributed by atoms with Crippen LogP contribution in [0.25, 0.3) is 0 Å². The summed E-state index contributed by atoms with van der Waals surface area (Å²) in [6, 6.07) is 32.9. The minimum atomic E-state index is -0.0458. The van der Waals surface area contributed by atoms with Gasteiger partial charge in [-0.1, -0.05) is 167 Å². The Bertz CT molecular complexity index is 2300. The lowest BCUT2D eigenvalue weighted by molar-refractivity contribution is -0.109. The lowest BCUT2D eigenvalue weighted by Gasteiger charge is -2.26. The number of carbonyl (C=O) groups excluding carboxylic acids is 2. The zero-order valence-electron chi connectivity index (χ0n) is 39.1. The summed E-state index contributed by atoms with van der Waals surface area (Å²) in [4.78, 5) is 25.2. The molecule has 0 amide bonds. The van der Waals surface area contributed by atoms with E-state index in [9.17, 15) is 9.59 Å². The first-order valence-electron chi connectivity index (χ1n) is 21.2. The van der Waals surface area contributed by atoms with Crippen molar-refractivity contribution in [2.45, 2.75) is 142 Å². The second-order valence-electron chi connectivity index (χ2n) is 20.0. The first-order chi connectivity index (χ1) is 28.8. The van der Waals surface area contributed by atoms with Crippen molar-refractivity contribution in [3.63, 3.8) is 0 Å². The van der Waals surface area contributed by atoms with Gasteiger partial charge in [0, 0.05) is 46.9 Å². The standard InChI is InChI=1S/C56H62O4S2/c1-37(57)61-49-23-17-39(18-24-49)15-21-43-31-52(60-36-42-29-47(55(9,10)11)34-48(30-42)56(12,13)14)44(22-16-40-19-25-50(26-20-40)62-38(2)58)32-51(43)59-35-41-27-45(53(3,4)5)33-46(28-41)54(6,7)8/h17-20,23-34H,35-36H2,1-14H3. The van der Waals surface area contributed by atoms with Crippen molar-refractivity contribution in [2.75, 3.05) is 0 Å². The van der Waals surface area contributed by atoms with E-state index < -0.39 is 0 Å². The lowest BCUT2D eigenvalue weighted by atomic mass is 9.79. The molecule has 322 valence electrons. The normalized spacial score (nSPS) is 11.8. The van der Waals surface area contributed by atoms with Crippen LogP contribution in [0.4, 0.5) is 0 Å². The number of carbonyl (C=O) groups is 2. The predicted octanol–water partition coefficient (Wildman–Crippen LogP) is 14.1. The molecule has 0 fully saturated rings. The van der Waals surface area contributed by atoms with Gasteiger partial charge in [-0.3, -0.25) is 9.59 Å². The first kappa shape index (κ1) is 47.9. The second-order valence-corrected chi connectivity index (χ2v) is 22.5. The Labute approximate surface area is 380 Å². The molecule has 62 heavy (non-hydrogen) atoms. The molecule has 5 rings (SSSR count). The highest BCUT2D eigenvalue weighted by atomic mass is 32.2. The molecule has 0 saturated heterocycles. The Kier molecular flexibility index (Phi) is 15.1. The predicted molar refractivity (Wildman–Crippen MR) is 261 cm³/mol. The minimum absolute atomic E-state index is 0.0350. The summed E-state index contributed by atoms with van der Waals surface area (Å²) in [6.45, 7) is 30.6. The van der Waals surface area contributed by atoms with Gasteiger partial charge < -0.3 is 9.47 Å². The number of rotatable bonds is 8. The SMILES string of the molecule is CC(=O)Sc1ccc(C#Cc2cc(OCc3cc(C(C)(C)C)cc(C(C)(C)C)c3)c(C#Cc3ccc(SC(C)=O)cc3)cc2OCc2cc(C(C)(C)C)cc(C(C)(C)C)c2)cc1. The molecule has 5 aromatic rings. The smallest absolute Gasteiger partial charge is 0.190 e. The van der Waals surface area contributed by atoms with Crippen molar-refractivity contribution < 1.29 is 19.1 Å². The third kappa shape index (κ3) is 13.9. The van der Waals surface area contributed by atoms with Gasteiger partial charge in [0.2, 0.25) is 0 Å². The molecule has 0 heterocycles. The Morgan fingerprint density at radius 2 is 0.726 bits per heavy atom. The fraction of sp³-hybridized carbons (Fsp3) is 0.357. The van der Waals surface area contributed by atoms with Crippen molar-refractivity contribution in [2.24, 2.45) is 0 Å². The molecule has 0 saturated carbocycles. The van der Waals surface area contributed by atoms with E-state index in [4.69, 9.17) is 9.47 Å². The van der Waals surface area contributed by atoms with Gasteiger partial charge in [0.15, 0.2) is 10.2 Å². The zero-order valence-corrected chi connectivity index (χ0v) is 40.7. The molecule has 6 heteroatoms. The summed E-state index contributed by atoms with van der Waals surface area (Å²) < 4.78 is 13.6. The Balaban J connectivity index is 1.65. The van der Waals surface area contributed by atoms with E-state index in [2.05, 4.69) is 143 Å². The van der Waals surface area contributed by atoms with E-state index in [-0.39, 0.29) is 31.9 Å². The Morgan fingerprint density at radius 3 is 0.984 bits per heavy atom. The molecule has 0 radical (unpaired) electrons. The fourth-order valence-corrected chi connectivity index (χ4v) is 7.63. The van der Waals surface area contributed by atoms with Crippen molar-refractivity contribution in [1.29, 1.82) is 0 Å². The van der Waals surface area contributed by atoms with Crippen LogP contribution in [-0.2, 0) is 44.5 Å². The molecule has 0 unspecified atom stereocenters. The third-order valence-electron chi connectivity index (χ3n) is 10.2. The third-order valence-corrected chi connectivity index (χ3v) is 11.8. The molecule has 0 aromatic heterocycles. The Hall–Kier alpha value is -5.14. The highest BCUT2D eigenvalue weighted by Crippen LogP contribution is 2.35. The molecular weight excluding hydrogens is 801 g/mol. The van der Waals surface area contributed by atoms with Gasteiger partial charge in [0.25, 0.3) is 0 Å². The van der Waals surface area contributed by atoms with Gasteiger partial charge in [0.1, 0.15) is 24.7 Å². The van der Waals surface area contributed by atoms with E-state index in [1.165, 1.54) is 45.8 Å². The molecule has 5 aromatic carbocycles. The highest BCUT2D eigenvalue weighted by Gasteiger charge is 2.23. The largest absolute Gasteiger partial charge is 0.488 e. The van der Waals surface area contributed by atoms with Crippen LogP contribution in [0.1, 0.15) is 153 Å². The summed E-state index contributed by atoms with van der Waals surface area (Å²) in [5.74, 6) is 14.7. The van der Waals surface area contributed by atoms with Crippen molar-refractivity contribution >= 4 is 33.8 Å². The summed E-state index contributed by atoms with van der Waals surface area (Å²) in [5.41, 5.74) is 9.93.